The maximum absolute atomic E-state index is 11.0. The minimum Gasteiger partial charge on any atom is -0.467 e. The van der Waals surface area contributed by atoms with Crippen LogP contribution in [-0.4, -0.2) is 29.4 Å². The molecule has 4 nitrogen and oxygen atoms in total. The van der Waals surface area contributed by atoms with E-state index in [1.54, 1.807) is 18.2 Å². The van der Waals surface area contributed by atoms with Gasteiger partial charge in [-0.05, 0) is 24.1 Å². The van der Waals surface area contributed by atoms with Crippen LogP contribution in [0.15, 0.2) is 22.7 Å². The molecule has 0 aliphatic heterocycles. The van der Waals surface area contributed by atoms with E-state index in [1.165, 1.54) is 0 Å². The third kappa shape index (κ3) is 2.81. The molecule has 0 heterocycles. The molecular weight excluding hydrogens is 276 g/mol. The van der Waals surface area contributed by atoms with E-state index in [-0.39, 0.29) is 0 Å². The van der Waals surface area contributed by atoms with Crippen molar-refractivity contribution >= 4 is 21.9 Å². The van der Waals surface area contributed by atoms with Crippen molar-refractivity contribution in [1.82, 2.24) is 0 Å². The summed E-state index contributed by atoms with van der Waals surface area (Å²) < 4.78 is 5.15. The van der Waals surface area contributed by atoms with Crippen LogP contribution >= 0.6 is 15.9 Å². The fraction of sp³-hybridized carbons (Fsp3) is 0.364. The monoisotopic (exact) mass is 288 g/mol. The molecule has 2 atom stereocenters. The highest BCUT2D eigenvalue weighted by Gasteiger charge is 2.26. The fourth-order valence-electron chi connectivity index (χ4n) is 1.23. The molecular formula is C11H13BrO4. The molecule has 0 spiro atoms. The van der Waals surface area contributed by atoms with Crippen molar-refractivity contribution in [2.75, 3.05) is 7.11 Å². The lowest BCUT2D eigenvalue weighted by Crippen LogP contribution is -2.29. The molecule has 5 heteroatoms. The first-order chi connectivity index (χ1) is 7.47. The molecule has 2 unspecified atom stereocenters. The number of carbonyl (C=O) groups excluding carboxylic acids is 1. The summed E-state index contributed by atoms with van der Waals surface area (Å²) in [7, 11) is 1.16. The Bertz CT molecular complexity index is 392. The largest absolute Gasteiger partial charge is 0.467 e. The number of aliphatic hydroxyl groups excluding tert-OH is 2. The van der Waals surface area contributed by atoms with Gasteiger partial charge in [-0.25, -0.2) is 4.79 Å². The van der Waals surface area contributed by atoms with Gasteiger partial charge >= 0.3 is 5.97 Å². The topological polar surface area (TPSA) is 66.8 Å². The van der Waals surface area contributed by atoms with E-state index >= 15 is 0 Å². The predicted octanol–water partition coefficient (Wildman–Crippen LogP) is 1.32. The smallest absolute Gasteiger partial charge is 0.337 e. The van der Waals surface area contributed by atoms with Crippen LogP contribution in [0.2, 0.25) is 0 Å². The van der Waals surface area contributed by atoms with Crippen molar-refractivity contribution in [3.8, 4) is 0 Å². The zero-order valence-corrected chi connectivity index (χ0v) is 10.6. The van der Waals surface area contributed by atoms with E-state index in [0.717, 1.165) is 17.1 Å². The number of aryl methyl sites for hydroxylation is 1. The van der Waals surface area contributed by atoms with E-state index in [2.05, 4.69) is 20.7 Å². The van der Waals surface area contributed by atoms with Gasteiger partial charge in [0.05, 0.1) is 7.11 Å². The summed E-state index contributed by atoms with van der Waals surface area (Å²) in [5.74, 6) is -0.857. The number of ether oxygens (including phenoxy) is 1. The first-order valence-corrected chi connectivity index (χ1v) is 5.46. The van der Waals surface area contributed by atoms with Gasteiger partial charge in [-0.15, -0.1) is 0 Å². The summed E-state index contributed by atoms with van der Waals surface area (Å²) in [5.41, 5.74) is 1.46. The Morgan fingerprint density at radius 1 is 1.44 bits per heavy atom. The summed E-state index contributed by atoms with van der Waals surface area (Å²) in [6, 6.07) is 5.09. The van der Waals surface area contributed by atoms with Gasteiger partial charge in [-0.3, -0.25) is 0 Å². The van der Waals surface area contributed by atoms with Crippen LogP contribution in [0.5, 0.6) is 0 Å². The Kier molecular flexibility index (Phi) is 4.46. The molecule has 88 valence electrons. The summed E-state index contributed by atoms with van der Waals surface area (Å²) >= 11 is 3.31. The lowest BCUT2D eigenvalue weighted by atomic mass is 10.0. The zero-order chi connectivity index (χ0) is 12.3. The van der Waals surface area contributed by atoms with Crippen LogP contribution in [-0.2, 0) is 9.53 Å². The maximum atomic E-state index is 11.0. The second-order valence-corrected chi connectivity index (χ2v) is 4.28. The van der Waals surface area contributed by atoms with Crippen molar-refractivity contribution < 1.29 is 19.7 Å². The van der Waals surface area contributed by atoms with Crippen LogP contribution in [0, 0.1) is 6.92 Å². The van der Waals surface area contributed by atoms with Gasteiger partial charge in [0, 0.05) is 4.47 Å². The highest BCUT2D eigenvalue weighted by molar-refractivity contribution is 9.10. The van der Waals surface area contributed by atoms with Gasteiger partial charge in [0.2, 0.25) is 0 Å². The number of halogens is 1. The summed E-state index contributed by atoms with van der Waals surface area (Å²) in [6.45, 7) is 1.90. The minimum absolute atomic E-state index is 0.454. The van der Waals surface area contributed by atoms with Crippen molar-refractivity contribution in [2.24, 2.45) is 0 Å². The Morgan fingerprint density at radius 2 is 2.06 bits per heavy atom. The number of rotatable bonds is 3. The predicted molar refractivity (Wildman–Crippen MR) is 61.9 cm³/mol. The van der Waals surface area contributed by atoms with Gasteiger partial charge in [-0.2, -0.15) is 0 Å². The minimum atomic E-state index is -1.57. The number of hydrogen-bond acceptors (Lipinski definition) is 4. The van der Waals surface area contributed by atoms with Crippen molar-refractivity contribution in [1.29, 1.82) is 0 Å². The molecule has 0 saturated heterocycles. The first kappa shape index (κ1) is 13.2. The Balaban J connectivity index is 2.91. The number of aliphatic hydroxyl groups is 2. The molecule has 0 radical (unpaired) electrons. The summed E-state index contributed by atoms with van der Waals surface area (Å²) in [4.78, 5) is 11.0. The normalized spacial score (nSPS) is 14.3. The first-order valence-electron chi connectivity index (χ1n) is 4.67. The molecule has 1 rings (SSSR count). The zero-order valence-electron chi connectivity index (χ0n) is 8.98. The average Bonchev–Trinajstić information content (AvgIpc) is 2.29. The third-order valence-corrected chi connectivity index (χ3v) is 3.13. The lowest BCUT2D eigenvalue weighted by Gasteiger charge is -2.16. The van der Waals surface area contributed by atoms with Crippen LogP contribution < -0.4 is 0 Å². The van der Waals surface area contributed by atoms with Crippen molar-refractivity contribution in [3.05, 3.63) is 33.8 Å². The highest BCUT2D eigenvalue weighted by atomic mass is 79.9. The van der Waals surface area contributed by atoms with E-state index in [9.17, 15) is 15.0 Å². The molecule has 0 bridgehead atoms. The third-order valence-electron chi connectivity index (χ3n) is 2.28. The second kappa shape index (κ2) is 5.43. The number of benzene rings is 1. The van der Waals surface area contributed by atoms with E-state index in [4.69, 9.17) is 0 Å². The number of carbonyl (C=O) groups is 1. The van der Waals surface area contributed by atoms with Crippen LogP contribution in [0.1, 0.15) is 17.2 Å². The van der Waals surface area contributed by atoms with Crippen molar-refractivity contribution in [3.63, 3.8) is 0 Å². The van der Waals surface area contributed by atoms with E-state index < -0.39 is 18.2 Å². The maximum Gasteiger partial charge on any atom is 0.337 e. The van der Waals surface area contributed by atoms with E-state index in [1.807, 2.05) is 6.92 Å². The SMILES string of the molecule is COC(=O)C(O)C(O)c1ccc(C)c(Br)c1. The second-order valence-electron chi connectivity index (χ2n) is 3.42. The van der Waals surface area contributed by atoms with Gasteiger partial charge in [0.1, 0.15) is 6.10 Å². The molecule has 0 saturated carbocycles. The Hall–Kier alpha value is -0.910. The average molecular weight is 289 g/mol. The molecule has 0 amide bonds. The quantitative estimate of drug-likeness (QED) is 0.824. The molecule has 1 aromatic carbocycles. The molecule has 1 aromatic rings. The molecule has 0 aliphatic rings. The lowest BCUT2D eigenvalue weighted by molar-refractivity contribution is -0.156. The number of esters is 1. The Morgan fingerprint density at radius 3 is 2.56 bits per heavy atom. The van der Waals surface area contributed by atoms with Gasteiger partial charge in [0.15, 0.2) is 6.10 Å². The highest BCUT2D eigenvalue weighted by Crippen LogP contribution is 2.24. The molecule has 16 heavy (non-hydrogen) atoms. The van der Waals surface area contributed by atoms with Gasteiger partial charge in [-0.1, -0.05) is 28.1 Å². The number of methoxy groups -OCH3 is 1. The number of hydrogen-bond donors (Lipinski definition) is 2. The Labute approximate surface area is 102 Å². The standard InChI is InChI=1S/C11H13BrO4/c1-6-3-4-7(5-8(6)12)9(13)10(14)11(15)16-2/h3-5,9-10,13-14H,1-2H3. The van der Waals surface area contributed by atoms with Crippen LogP contribution in [0.4, 0.5) is 0 Å². The van der Waals surface area contributed by atoms with Crippen molar-refractivity contribution in [2.45, 2.75) is 19.1 Å². The van der Waals surface area contributed by atoms with E-state index in [0.29, 0.717) is 5.56 Å². The van der Waals surface area contributed by atoms with Gasteiger partial charge < -0.3 is 14.9 Å². The molecule has 2 N–H and O–H groups in total. The summed E-state index contributed by atoms with van der Waals surface area (Å²) in [6.07, 6.45) is -2.86. The molecule has 0 aliphatic carbocycles. The molecule has 0 fully saturated rings. The summed E-state index contributed by atoms with van der Waals surface area (Å²) in [5, 5.41) is 19.2. The van der Waals surface area contributed by atoms with Gasteiger partial charge in [0.25, 0.3) is 0 Å². The molecule has 0 aromatic heterocycles. The fourth-order valence-corrected chi connectivity index (χ4v) is 1.62. The van der Waals surface area contributed by atoms with Crippen LogP contribution in [0.25, 0.3) is 0 Å². The van der Waals surface area contributed by atoms with Crippen LogP contribution in [0.3, 0.4) is 0 Å².